The van der Waals surface area contributed by atoms with E-state index in [1.54, 1.807) is 12.1 Å². The van der Waals surface area contributed by atoms with E-state index in [1.807, 2.05) is 19.1 Å². The SMILES string of the molecule is CCC(CCO)CNC(=O)COc1ccc(Br)cc1. The fourth-order valence-corrected chi connectivity index (χ4v) is 1.89. The molecule has 0 aliphatic carbocycles. The zero-order chi connectivity index (χ0) is 14.1. The van der Waals surface area contributed by atoms with Crippen molar-refractivity contribution in [1.82, 2.24) is 5.32 Å². The highest BCUT2D eigenvalue weighted by Gasteiger charge is 2.08. The summed E-state index contributed by atoms with van der Waals surface area (Å²) in [6.07, 6.45) is 1.65. The van der Waals surface area contributed by atoms with Gasteiger partial charge in [0.2, 0.25) is 0 Å². The third kappa shape index (κ3) is 6.59. The number of hydrogen-bond acceptors (Lipinski definition) is 3. The monoisotopic (exact) mass is 329 g/mol. The van der Waals surface area contributed by atoms with Gasteiger partial charge in [-0.05, 0) is 36.6 Å². The highest BCUT2D eigenvalue weighted by atomic mass is 79.9. The Hall–Kier alpha value is -1.07. The third-order valence-corrected chi connectivity index (χ3v) is 3.41. The van der Waals surface area contributed by atoms with Gasteiger partial charge in [0, 0.05) is 17.6 Å². The molecule has 0 saturated carbocycles. The number of ether oxygens (including phenoxy) is 1. The van der Waals surface area contributed by atoms with E-state index in [0.29, 0.717) is 24.6 Å². The summed E-state index contributed by atoms with van der Waals surface area (Å²) < 4.78 is 6.34. The lowest BCUT2D eigenvalue weighted by molar-refractivity contribution is -0.123. The fourth-order valence-electron chi connectivity index (χ4n) is 1.62. The first-order valence-corrected chi connectivity index (χ1v) is 7.21. The summed E-state index contributed by atoms with van der Waals surface area (Å²) in [6, 6.07) is 7.33. The molecule has 0 heterocycles. The molecule has 0 radical (unpaired) electrons. The Morgan fingerprint density at radius 1 is 1.42 bits per heavy atom. The fraction of sp³-hybridized carbons (Fsp3) is 0.500. The predicted molar refractivity (Wildman–Crippen MR) is 78.1 cm³/mol. The summed E-state index contributed by atoms with van der Waals surface area (Å²) in [5, 5.41) is 11.7. The Labute approximate surface area is 122 Å². The van der Waals surface area contributed by atoms with Crippen molar-refractivity contribution in [2.24, 2.45) is 5.92 Å². The minimum Gasteiger partial charge on any atom is -0.484 e. The molecule has 1 amide bonds. The second-order valence-electron chi connectivity index (χ2n) is 4.33. The zero-order valence-corrected chi connectivity index (χ0v) is 12.6. The lowest BCUT2D eigenvalue weighted by Crippen LogP contribution is -2.33. The maximum atomic E-state index is 11.6. The van der Waals surface area contributed by atoms with Gasteiger partial charge in [-0.25, -0.2) is 0 Å². The molecule has 1 aromatic rings. The second kappa shape index (κ2) is 8.93. The molecule has 0 fully saturated rings. The third-order valence-electron chi connectivity index (χ3n) is 2.89. The van der Waals surface area contributed by atoms with E-state index in [9.17, 15) is 4.79 Å². The van der Waals surface area contributed by atoms with Crippen LogP contribution < -0.4 is 10.1 Å². The van der Waals surface area contributed by atoms with Gasteiger partial charge in [-0.2, -0.15) is 0 Å². The van der Waals surface area contributed by atoms with Crippen LogP contribution in [0.5, 0.6) is 5.75 Å². The van der Waals surface area contributed by atoms with E-state index in [1.165, 1.54) is 0 Å². The summed E-state index contributed by atoms with van der Waals surface area (Å²) >= 11 is 3.33. The number of aliphatic hydroxyl groups excluding tert-OH is 1. The zero-order valence-electron chi connectivity index (χ0n) is 11.1. The van der Waals surface area contributed by atoms with E-state index < -0.39 is 0 Å². The molecule has 0 bridgehead atoms. The number of nitrogens with one attached hydrogen (secondary N) is 1. The van der Waals surface area contributed by atoms with Crippen LogP contribution in [0.15, 0.2) is 28.7 Å². The van der Waals surface area contributed by atoms with Crippen LogP contribution >= 0.6 is 15.9 Å². The molecule has 0 spiro atoms. The van der Waals surface area contributed by atoms with Crippen LogP contribution in [0, 0.1) is 5.92 Å². The highest BCUT2D eigenvalue weighted by Crippen LogP contribution is 2.15. The molecule has 1 atom stereocenters. The first-order chi connectivity index (χ1) is 9.15. The van der Waals surface area contributed by atoms with E-state index in [0.717, 1.165) is 10.9 Å². The van der Waals surface area contributed by atoms with Crippen molar-refractivity contribution in [2.45, 2.75) is 19.8 Å². The van der Waals surface area contributed by atoms with Crippen LogP contribution in [0.1, 0.15) is 19.8 Å². The molecule has 0 aliphatic heterocycles. The molecule has 19 heavy (non-hydrogen) atoms. The molecule has 0 aliphatic rings. The first-order valence-electron chi connectivity index (χ1n) is 6.41. The Morgan fingerprint density at radius 3 is 2.68 bits per heavy atom. The van der Waals surface area contributed by atoms with E-state index in [-0.39, 0.29) is 19.1 Å². The van der Waals surface area contributed by atoms with Gasteiger partial charge in [-0.3, -0.25) is 4.79 Å². The number of carbonyl (C=O) groups excluding carboxylic acids is 1. The topological polar surface area (TPSA) is 58.6 Å². The largest absolute Gasteiger partial charge is 0.484 e. The summed E-state index contributed by atoms with van der Waals surface area (Å²) in [7, 11) is 0. The van der Waals surface area contributed by atoms with Crippen molar-refractivity contribution in [3.63, 3.8) is 0 Å². The molecule has 0 saturated heterocycles. The van der Waals surface area contributed by atoms with Crippen molar-refractivity contribution in [2.75, 3.05) is 19.8 Å². The number of aliphatic hydroxyl groups is 1. The Bertz CT molecular complexity index is 381. The number of carbonyl (C=O) groups is 1. The maximum absolute atomic E-state index is 11.6. The van der Waals surface area contributed by atoms with E-state index in [4.69, 9.17) is 9.84 Å². The Kier molecular flexibility index (Phi) is 7.52. The molecular weight excluding hydrogens is 310 g/mol. The van der Waals surface area contributed by atoms with Crippen LogP contribution in [-0.4, -0.2) is 30.8 Å². The molecule has 5 heteroatoms. The number of benzene rings is 1. The first kappa shape index (κ1) is 16.0. The van der Waals surface area contributed by atoms with Gasteiger partial charge < -0.3 is 15.2 Å². The van der Waals surface area contributed by atoms with E-state index >= 15 is 0 Å². The van der Waals surface area contributed by atoms with Crippen molar-refractivity contribution < 1.29 is 14.6 Å². The molecule has 0 aromatic heterocycles. The van der Waals surface area contributed by atoms with Gasteiger partial charge >= 0.3 is 0 Å². The predicted octanol–water partition coefficient (Wildman–Crippen LogP) is 2.35. The van der Waals surface area contributed by atoms with E-state index in [2.05, 4.69) is 21.2 Å². The number of amides is 1. The Morgan fingerprint density at radius 2 is 2.11 bits per heavy atom. The number of hydrogen-bond donors (Lipinski definition) is 2. The van der Waals surface area contributed by atoms with Crippen LogP contribution in [-0.2, 0) is 4.79 Å². The standard InChI is InChI=1S/C14H20BrNO3/c1-2-11(7-8-17)9-16-14(18)10-19-13-5-3-12(15)4-6-13/h3-6,11,17H,2,7-10H2,1H3,(H,16,18). The molecular formula is C14H20BrNO3. The summed E-state index contributed by atoms with van der Waals surface area (Å²) in [5.74, 6) is 0.849. The molecule has 1 aromatic carbocycles. The normalized spacial score (nSPS) is 11.9. The van der Waals surface area contributed by atoms with Crippen LogP contribution in [0.25, 0.3) is 0 Å². The number of rotatable bonds is 8. The average molecular weight is 330 g/mol. The molecule has 106 valence electrons. The second-order valence-corrected chi connectivity index (χ2v) is 5.25. The van der Waals surface area contributed by atoms with Crippen molar-refractivity contribution >= 4 is 21.8 Å². The highest BCUT2D eigenvalue weighted by molar-refractivity contribution is 9.10. The van der Waals surface area contributed by atoms with Crippen LogP contribution in [0.2, 0.25) is 0 Å². The quantitative estimate of drug-likeness (QED) is 0.769. The Balaban J connectivity index is 2.25. The van der Waals surface area contributed by atoms with Crippen molar-refractivity contribution in [1.29, 1.82) is 0 Å². The minimum absolute atomic E-state index is 0.0111. The molecule has 1 rings (SSSR count). The summed E-state index contributed by atoms with van der Waals surface area (Å²) in [6.45, 7) is 2.80. The van der Waals surface area contributed by atoms with Gasteiger partial charge in [-0.1, -0.05) is 29.3 Å². The lowest BCUT2D eigenvalue weighted by Gasteiger charge is -2.14. The molecule has 4 nitrogen and oxygen atoms in total. The minimum atomic E-state index is -0.140. The van der Waals surface area contributed by atoms with Gasteiger partial charge in [-0.15, -0.1) is 0 Å². The van der Waals surface area contributed by atoms with Gasteiger partial charge in [0.15, 0.2) is 6.61 Å². The van der Waals surface area contributed by atoms with Gasteiger partial charge in [0.1, 0.15) is 5.75 Å². The van der Waals surface area contributed by atoms with Crippen molar-refractivity contribution in [3.05, 3.63) is 28.7 Å². The van der Waals surface area contributed by atoms with Crippen LogP contribution in [0.3, 0.4) is 0 Å². The lowest BCUT2D eigenvalue weighted by atomic mass is 10.0. The van der Waals surface area contributed by atoms with Gasteiger partial charge in [0.05, 0.1) is 0 Å². The maximum Gasteiger partial charge on any atom is 0.257 e. The summed E-state index contributed by atoms with van der Waals surface area (Å²) in [4.78, 5) is 11.6. The van der Waals surface area contributed by atoms with Crippen LogP contribution in [0.4, 0.5) is 0 Å². The van der Waals surface area contributed by atoms with Gasteiger partial charge in [0.25, 0.3) is 5.91 Å². The number of halogens is 1. The smallest absolute Gasteiger partial charge is 0.257 e. The summed E-state index contributed by atoms with van der Waals surface area (Å²) in [5.41, 5.74) is 0. The van der Waals surface area contributed by atoms with Crippen molar-refractivity contribution in [3.8, 4) is 5.75 Å². The average Bonchev–Trinajstić information content (AvgIpc) is 2.42. The molecule has 2 N–H and O–H groups in total. The molecule has 1 unspecified atom stereocenters.